The zero-order valence-electron chi connectivity index (χ0n) is 10.7. The fourth-order valence-corrected chi connectivity index (χ4v) is 1.95. The number of aliphatic carboxylic acids is 1. The molecule has 102 valence electrons. The fraction of sp³-hybridized carbons (Fsp3) is 0.385. The van der Waals surface area contributed by atoms with Crippen molar-refractivity contribution in [1.82, 2.24) is 9.97 Å². The van der Waals surface area contributed by atoms with Crippen molar-refractivity contribution >= 4 is 17.0 Å². The van der Waals surface area contributed by atoms with E-state index in [0.717, 1.165) is 0 Å². The number of hydrogen-bond donors (Lipinski definition) is 4. The molecule has 0 aliphatic rings. The molecule has 0 bridgehead atoms. The summed E-state index contributed by atoms with van der Waals surface area (Å²) in [6, 6.07) is 5.00. The molecule has 0 saturated heterocycles. The monoisotopic (exact) mass is 264 g/mol. The third-order valence-corrected chi connectivity index (χ3v) is 3.21. The second-order valence-electron chi connectivity index (χ2n) is 5.29. The Labute approximate surface area is 109 Å². The lowest BCUT2D eigenvalue weighted by atomic mass is 9.85. The van der Waals surface area contributed by atoms with Crippen LogP contribution in [0, 0.1) is 5.41 Å². The Bertz CT molecular complexity index is 669. The van der Waals surface area contributed by atoms with E-state index >= 15 is 0 Å². The molecule has 0 radical (unpaired) electrons. The summed E-state index contributed by atoms with van der Waals surface area (Å²) >= 11 is 0. The number of aliphatic hydroxyl groups is 1. The van der Waals surface area contributed by atoms with Gasteiger partial charge in [0, 0.05) is 0 Å². The Hall–Kier alpha value is -2.08. The lowest BCUT2D eigenvalue weighted by Gasteiger charge is -2.22. The van der Waals surface area contributed by atoms with Gasteiger partial charge in [0.05, 0.1) is 22.6 Å². The Morgan fingerprint density at radius 2 is 1.95 bits per heavy atom. The normalized spacial score (nSPS) is 13.6. The maximum atomic E-state index is 11.1. The highest BCUT2D eigenvalue weighted by atomic mass is 16.4. The minimum atomic E-state index is -1.01. The van der Waals surface area contributed by atoms with Gasteiger partial charge in [-0.15, -0.1) is 0 Å². The van der Waals surface area contributed by atoms with Gasteiger partial charge in [-0.2, -0.15) is 0 Å². The van der Waals surface area contributed by atoms with Crippen molar-refractivity contribution in [1.29, 1.82) is 0 Å². The molecular weight excluding hydrogens is 248 g/mol. The summed E-state index contributed by atoms with van der Waals surface area (Å²) in [6.45, 7) is 3.13. The van der Waals surface area contributed by atoms with Gasteiger partial charge < -0.3 is 20.2 Å². The van der Waals surface area contributed by atoms with Crippen molar-refractivity contribution in [2.45, 2.75) is 26.4 Å². The number of aliphatic hydroxyl groups excluding tert-OH is 1. The van der Waals surface area contributed by atoms with Gasteiger partial charge in [0.25, 0.3) is 0 Å². The van der Waals surface area contributed by atoms with Crippen molar-refractivity contribution in [3.8, 4) is 0 Å². The maximum Gasteiger partial charge on any atom is 0.323 e. The van der Waals surface area contributed by atoms with Crippen molar-refractivity contribution in [2.75, 3.05) is 0 Å². The average molecular weight is 264 g/mol. The van der Waals surface area contributed by atoms with Crippen molar-refractivity contribution < 1.29 is 15.0 Å². The molecule has 2 aromatic rings. The van der Waals surface area contributed by atoms with Gasteiger partial charge in [-0.05, 0) is 38.0 Å². The first-order valence-electron chi connectivity index (χ1n) is 5.93. The molecule has 4 N–H and O–H groups in total. The smallest absolute Gasteiger partial charge is 0.323 e. The lowest BCUT2D eigenvalue weighted by molar-refractivity contribution is -0.148. The van der Waals surface area contributed by atoms with Crippen molar-refractivity contribution in [3.05, 3.63) is 34.2 Å². The number of fused-ring (bicyclic) bond motifs is 1. The number of nitrogens with one attached hydrogen (secondary N) is 2. The first-order valence-corrected chi connectivity index (χ1v) is 5.93. The van der Waals surface area contributed by atoms with Crippen LogP contribution in [0.15, 0.2) is 23.0 Å². The summed E-state index contributed by atoms with van der Waals surface area (Å²) in [5, 5.41) is 19.2. The van der Waals surface area contributed by atoms with Gasteiger partial charge in [-0.25, -0.2) is 4.79 Å². The van der Waals surface area contributed by atoms with Crippen LogP contribution in [0.3, 0.4) is 0 Å². The van der Waals surface area contributed by atoms with Crippen LogP contribution < -0.4 is 5.69 Å². The molecule has 1 aromatic carbocycles. The number of rotatable bonds is 4. The van der Waals surface area contributed by atoms with Crippen LogP contribution in [0.2, 0.25) is 0 Å². The SMILES string of the molecule is CC(C)(CC(O)c1ccc2[nH]c(=O)[nH]c2c1)C(=O)O. The highest BCUT2D eigenvalue weighted by Gasteiger charge is 2.30. The molecule has 0 aliphatic carbocycles. The highest BCUT2D eigenvalue weighted by Crippen LogP contribution is 2.30. The first-order chi connectivity index (χ1) is 8.79. The zero-order chi connectivity index (χ0) is 14.2. The van der Waals surface area contributed by atoms with Crippen molar-refractivity contribution in [3.63, 3.8) is 0 Å². The molecule has 0 saturated carbocycles. The molecule has 1 heterocycles. The number of carboxylic acids is 1. The van der Waals surface area contributed by atoms with E-state index in [-0.39, 0.29) is 12.1 Å². The van der Waals surface area contributed by atoms with Gasteiger partial charge in [0.1, 0.15) is 0 Å². The third-order valence-electron chi connectivity index (χ3n) is 3.21. The molecule has 0 amide bonds. The molecule has 1 atom stereocenters. The second-order valence-corrected chi connectivity index (χ2v) is 5.29. The van der Waals surface area contributed by atoms with E-state index in [1.165, 1.54) is 0 Å². The molecule has 1 unspecified atom stereocenters. The molecule has 6 heteroatoms. The molecule has 19 heavy (non-hydrogen) atoms. The van der Waals surface area contributed by atoms with Crippen LogP contribution in [-0.2, 0) is 4.79 Å². The number of H-pyrrole nitrogens is 2. The Morgan fingerprint density at radius 1 is 1.32 bits per heavy atom. The fourth-order valence-electron chi connectivity index (χ4n) is 1.95. The minimum Gasteiger partial charge on any atom is -0.481 e. The van der Waals surface area contributed by atoms with E-state index in [1.807, 2.05) is 0 Å². The molecule has 0 fully saturated rings. The summed E-state index contributed by atoms with van der Waals surface area (Å²) in [6.07, 6.45) is -0.795. The van der Waals surface area contributed by atoms with Gasteiger partial charge in [0.15, 0.2) is 0 Å². The molecule has 0 spiro atoms. The highest BCUT2D eigenvalue weighted by molar-refractivity contribution is 5.75. The number of carboxylic acid groups (broad SMARTS) is 1. The van der Waals surface area contributed by atoms with Crippen LogP contribution >= 0.6 is 0 Å². The minimum absolute atomic E-state index is 0.0997. The Kier molecular flexibility index (Phi) is 3.20. The summed E-state index contributed by atoms with van der Waals surface area (Å²) in [7, 11) is 0. The van der Waals surface area contributed by atoms with E-state index in [4.69, 9.17) is 5.11 Å². The van der Waals surface area contributed by atoms with E-state index in [2.05, 4.69) is 9.97 Å². The molecular formula is C13H16N2O4. The van der Waals surface area contributed by atoms with Gasteiger partial charge in [0.2, 0.25) is 0 Å². The van der Waals surface area contributed by atoms with Crippen molar-refractivity contribution in [2.24, 2.45) is 5.41 Å². The first kappa shape index (κ1) is 13.4. The van der Waals surface area contributed by atoms with Gasteiger partial charge in [-0.1, -0.05) is 6.07 Å². The number of aromatic amines is 2. The van der Waals surface area contributed by atoms with E-state index in [0.29, 0.717) is 16.6 Å². The van der Waals surface area contributed by atoms with E-state index in [9.17, 15) is 14.7 Å². The lowest BCUT2D eigenvalue weighted by Crippen LogP contribution is -2.26. The molecule has 2 rings (SSSR count). The molecule has 0 aliphatic heterocycles. The average Bonchev–Trinajstić information content (AvgIpc) is 2.66. The molecule has 1 aromatic heterocycles. The van der Waals surface area contributed by atoms with Crippen LogP contribution in [-0.4, -0.2) is 26.2 Å². The number of hydrogen-bond acceptors (Lipinski definition) is 3. The number of benzene rings is 1. The standard InChI is InChI=1S/C13H16N2O4/c1-13(2,11(17)18)6-10(16)7-3-4-8-9(5-7)15-12(19)14-8/h3-5,10,16H,6H2,1-2H3,(H,17,18)(H2,14,15,19). The summed E-state index contributed by atoms with van der Waals surface area (Å²) < 4.78 is 0. The predicted molar refractivity (Wildman–Crippen MR) is 69.9 cm³/mol. The van der Waals surface area contributed by atoms with Gasteiger partial charge >= 0.3 is 11.7 Å². The van der Waals surface area contributed by atoms with E-state index < -0.39 is 17.5 Å². The van der Waals surface area contributed by atoms with Crippen LogP contribution in [0.25, 0.3) is 11.0 Å². The van der Waals surface area contributed by atoms with Gasteiger partial charge in [-0.3, -0.25) is 4.79 Å². The topological polar surface area (TPSA) is 106 Å². The predicted octanol–water partition coefficient (Wildman–Crippen LogP) is 1.39. The van der Waals surface area contributed by atoms with E-state index in [1.54, 1.807) is 32.0 Å². The van der Waals surface area contributed by atoms with Crippen LogP contribution in [0.1, 0.15) is 31.9 Å². The third kappa shape index (κ3) is 2.68. The summed E-state index contributed by atoms with van der Waals surface area (Å²) in [5.74, 6) is -0.956. The largest absolute Gasteiger partial charge is 0.481 e. The molecule has 6 nitrogen and oxygen atoms in total. The summed E-state index contributed by atoms with van der Waals surface area (Å²) in [4.78, 5) is 27.4. The maximum absolute atomic E-state index is 11.1. The quantitative estimate of drug-likeness (QED) is 0.669. The van der Waals surface area contributed by atoms with Crippen LogP contribution in [0.5, 0.6) is 0 Å². The number of imidazole rings is 1. The Morgan fingerprint density at radius 3 is 2.58 bits per heavy atom. The van der Waals surface area contributed by atoms with Crippen LogP contribution in [0.4, 0.5) is 0 Å². The second kappa shape index (κ2) is 4.55. The number of aromatic nitrogens is 2. The summed E-state index contributed by atoms with van der Waals surface area (Å²) in [5.41, 5.74) is 0.498. The number of carbonyl (C=O) groups is 1. The zero-order valence-corrected chi connectivity index (χ0v) is 10.7. The Balaban J connectivity index is 2.28.